The third-order valence-corrected chi connectivity index (χ3v) is 3.57. The molecule has 18 heavy (non-hydrogen) atoms. The number of aliphatic hydroxyl groups excluding tert-OH is 1. The molecule has 5 heteroatoms. The summed E-state index contributed by atoms with van der Waals surface area (Å²) in [6.45, 7) is 4.98. The minimum Gasteiger partial charge on any atom is -0.478 e. The largest absolute Gasteiger partial charge is 0.478 e. The van der Waals surface area contributed by atoms with Crippen LogP contribution in [0.4, 0.5) is 0 Å². The van der Waals surface area contributed by atoms with Crippen molar-refractivity contribution in [2.45, 2.75) is 19.9 Å². The Balaban J connectivity index is 2.54. The van der Waals surface area contributed by atoms with Gasteiger partial charge in [-0.05, 0) is 31.2 Å². The van der Waals surface area contributed by atoms with E-state index in [1.54, 1.807) is 17.4 Å². The third kappa shape index (κ3) is 5.44. The van der Waals surface area contributed by atoms with Crippen molar-refractivity contribution in [2.75, 3.05) is 19.7 Å². The van der Waals surface area contributed by atoms with Gasteiger partial charge in [-0.25, -0.2) is 4.79 Å². The number of thiophene rings is 1. The SMILES string of the molecule is CCN(CCCO)Cc1ccc(/C=C/C(=O)O)s1. The average Bonchev–Trinajstić information content (AvgIpc) is 2.79. The lowest BCUT2D eigenvalue weighted by atomic mass is 10.3. The average molecular weight is 269 g/mol. The molecule has 0 amide bonds. The van der Waals surface area contributed by atoms with Crippen molar-refractivity contribution >= 4 is 23.4 Å². The van der Waals surface area contributed by atoms with Gasteiger partial charge in [-0.15, -0.1) is 11.3 Å². The van der Waals surface area contributed by atoms with Crippen molar-refractivity contribution in [3.8, 4) is 0 Å². The van der Waals surface area contributed by atoms with Crippen LogP contribution < -0.4 is 0 Å². The first kappa shape index (κ1) is 14.9. The molecule has 1 rings (SSSR count). The first-order valence-corrected chi connectivity index (χ1v) is 6.80. The van der Waals surface area contributed by atoms with Gasteiger partial charge in [0.2, 0.25) is 0 Å². The van der Waals surface area contributed by atoms with E-state index in [0.29, 0.717) is 0 Å². The maximum atomic E-state index is 10.4. The van der Waals surface area contributed by atoms with Crippen LogP contribution in [0.1, 0.15) is 23.1 Å². The van der Waals surface area contributed by atoms with Crippen LogP contribution in [0.2, 0.25) is 0 Å². The van der Waals surface area contributed by atoms with Crippen molar-refractivity contribution in [2.24, 2.45) is 0 Å². The number of hydrogen-bond acceptors (Lipinski definition) is 4. The second-order valence-electron chi connectivity index (χ2n) is 3.92. The highest BCUT2D eigenvalue weighted by Gasteiger charge is 2.05. The number of carbonyl (C=O) groups is 1. The molecule has 0 saturated carbocycles. The van der Waals surface area contributed by atoms with Crippen LogP contribution in [0.3, 0.4) is 0 Å². The van der Waals surface area contributed by atoms with Gasteiger partial charge < -0.3 is 10.2 Å². The molecule has 0 aromatic carbocycles. The number of hydrogen-bond donors (Lipinski definition) is 2. The Bertz CT molecular complexity index is 401. The fraction of sp³-hybridized carbons (Fsp3) is 0.462. The summed E-state index contributed by atoms with van der Waals surface area (Å²) in [7, 11) is 0. The molecule has 0 aliphatic heterocycles. The van der Waals surface area contributed by atoms with Gasteiger partial charge in [-0.1, -0.05) is 6.92 Å². The van der Waals surface area contributed by atoms with Crippen LogP contribution in [0.5, 0.6) is 0 Å². The van der Waals surface area contributed by atoms with E-state index in [1.165, 1.54) is 4.88 Å². The molecule has 0 unspecified atom stereocenters. The van der Waals surface area contributed by atoms with Gasteiger partial charge in [0.15, 0.2) is 0 Å². The summed E-state index contributed by atoms with van der Waals surface area (Å²) < 4.78 is 0. The first-order chi connectivity index (χ1) is 8.65. The molecular weight excluding hydrogens is 250 g/mol. The van der Waals surface area contributed by atoms with Crippen molar-refractivity contribution in [1.29, 1.82) is 0 Å². The number of carboxylic acids is 1. The van der Waals surface area contributed by atoms with E-state index in [4.69, 9.17) is 10.2 Å². The standard InChI is InChI=1S/C13H19NO3S/c1-2-14(8-3-9-15)10-12-5-4-11(18-12)6-7-13(16)17/h4-7,15H,2-3,8-10H2,1H3,(H,16,17)/b7-6+. The Morgan fingerprint density at radius 1 is 1.50 bits per heavy atom. The summed E-state index contributed by atoms with van der Waals surface area (Å²) >= 11 is 1.60. The summed E-state index contributed by atoms with van der Waals surface area (Å²) in [5, 5.41) is 17.4. The molecule has 0 spiro atoms. The minimum absolute atomic E-state index is 0.216. The van der Waals surface area contributed by atoms with Crippen molar-refractivity contribution in [3.63, 3.8) is 0 Å². The topological polar surface area (TPSA) is 60.8 Å². The molecule has 4 nitrogen and oxygen atoms in total. The van der Waals surface area contributed by atoms with E-state index in [0.717, 1.165) is 37.0 Å². The summed E-state index contributed by atoms with van der Waals surface area (Å²) in [5.74, 6) is -0.928. The quantitative estimate of drug-likeness (QED) is 0.709. The van der Waals surface area contributed by atoms with Crippen molar-refractivity contribution < 1.29 is 15.0 Å². The number of aliphatic carboxylic acids is 1. The first-order valence-electron chi connectivity index (χ1n) is 5.98. The second kappa shape index (κ2) is 8.02. The number of aliphatic hydroxyl groups is 1. The number of carboxylic acid groups (broad SMARTS) is 1. The van der Waals surface area contributed by atoms with E-state index in [9.17, 15) is 4.79 Å². The van der Waals surface area contributed by atoms with Crippen molar-refractivity contribution in [3.05, 3.63) is 28.0 Å². The smallest absolute Gasteiger partial charge is 0.328 e. The molecule has 1 aromatic rings. The highest BCUT2D eigenvalue weighted by molar-refractivity contribution is 7.12. The third-order valence-electron chi connectivity index (χ3n) is 2.53. The molecule has 0 aliphatic carbocycles. The van der Waals surface area contributed by atoms with Gasteiger partial charge >= 0.3 is 5.97 Å². The predicted molar refractivity (Wildman–Crippen MR) is 73.6 cm³/mol. The summed E-state index contributed by atoms with van der Waals surface area (Å²) in [6, 6.07) is 3.95. The number of nitrogens with zero attached hydrogens (tertiary/aromatic N) is 1. The zero-order valence-electron chi connectivity index (χ0n) is 10.5. The van der Waals surface area contributed by atoms with Gasteiger partial charge in [0.05, 0.1) is 0 Å². The van der Waals surface area contributed by atoms with E-state index in [2.05, 4.69) is 11.8 Å². The van der Waals surface area contributed by atoms with Gasteiger partial charge in [-0.2, -0.15) is 0 Å². The molecular formula is C13H19NO3S. The Labute approximate surface area is 111 Å². The molecule has 0 bridgehead atoms. The maximum absolute atomic E-state index is 10.4. The monoisotopic (exact) mass is 269 g/mol. The lowest BCUT2D eigenvalue weighted by Crippen LogP contribution is -2.24. The fourth-order valence-corrected chi connectivity index (χ4v) is 2.54. The van der Waals surface area contributed by atoms with Gasteiger partial charge in [-0.3, -0.25) is 4.90 Å². The Morgan fingerprint density at radius 2 is 2.28 bits per heavy atom. The summed E-state index contributed by atoms with van der Waals surface area (Å²) in [4.78, 5) is 14.8. The maximum Gasteiger partial charge on any atom is 0.328 e. The van der Waals surface area contributed by atoms with E-state index in [-0.39, 0.29) is 6.61 Å². The van der Waals surface area contributed by atoms with Crippen LogP contribution in [0.15, 0.2) is 18.2 Å². The molecule has 1 heterocycles. The van der Waals surface area contributed by atoms with E-state index in [1.807, 2.05) is 12.1 Å². The Hall–Kier alpha value is -1.17. The van der Waals surface area contributed by atoms with E-state index >= 15 is 0 Å². The Morgan fingerprint density at radius 3 is 2.89 bits per heavy atom. The van der Waals surface area contributed by atoms with Crippen LogP contribution >= 0.6 is 11.3 Å². The van der Waals surface area contributed by atoms with Crippen LogP contribution in [-0.4, -0.2) is 40.8 Å². The molecule has 0 saturated heterocycles. The lowest BCUT2D eigenvalue weighted by Gasteiger charge is -2.18. The second-order valence-corrected chi connectivity index (χ2v) is 5.12. The molecule has 100 valence electrons. The molecule has 0 atom stereocenters. The normalized spacial score (nSPS) is 11.5. The van der Waals surface area contributed by atoms with Crippen LogP contribution in [-0.2, 0) is 11.3 Å². The molecule has 0 fully saturated rings. The fourth-order valence-electron chi connectivity index (χ4n) is 1.59. The molecule has 1 aromatic heterocycles. The van der Waals surface area contributed by atoms with Gasteiger partial charge in [0.25, 0.3) is 0 Å². The van der Waals surface area contributed by atoms with Crippen LogP contribution in [0.25, 0.3) is 6.08 Å². The highest BCUT2D eigenvalue weighted by atomic mass is 32.1. The zero-order chi connectivity index (χ0) is 13.4. The lowest BCUT2D eigenvalue weighted by molar-refractivity contribution is -0.131. The summed E-state index contributed by atoms with van der Waals surface area (Å²) in [5.41, 5.74) is 0. The van der Waals surface area contributed by atoms with Crippen LogP contribution in [0, 0.1) is 0 Å². The predicted octanol–water partition coefficient (Wildman–Crippen LogP) is 2.05. The van der Waals surface area contributed by atoms with E-state index < -0.39 is 5.97 Å². The number of rotatable bonds is 8. The van der Waals surface area contributed by atoms with Gasteiger partial charge in [0.1, 0.15) is 0 Å². The molecule has 0 aliphatic rings. The van der Waals surface area contributed by atoms with Gasteiger partial charge in [0, 0.05) is 35.5 Å². The Kier molecular flexibility index (Phi) is 6.64. The summed E-state index contributed by atoms with van der Waals surface area (Å²) in [6.07, 6.45) is 3.55. The zero-order valence-corrected chi connectivity index (χ0v) is 11.3. The minimum atomic E-state index is -0.928. The van der Waals surface area contributed by atoms with Crippen molar-refractivity contribution in [1.82, 2.24) is 4.90 Å². The molecule has 2 N–H and O–H groups in total. The molecule has 0 radical (unpaired) electrons. The highest BCUT2D eigenvalue weighted by Crippen LogP contribution is 2.19.